The van der Waals surface area contributed by atoms with Gasteiger partial charge in [0.25, 0.3) is 5.91 Å². The van der Waals surface area contributed by atoms with Gasteiger partial charge in [0.1, 0.15) is 0 Å². The van der Waals surface area contributed by atoms with Gasteiger partial charge in [0, 0.05) is 25.2 Å². The van der Waals surface area contributed by atoms with Crippen molar-refractivity contribution in [2.75, 3.05) is 19.6 Å². The zero-order valence-corrected chi connectivity index (χ0v) is 10.9. The smallest absolute Gasteiger partial charge is 0.264 e. The predicted molar refractivity (Wildman–Crippen MR) is 69.4 cm³/mol. The summed E-state index contributed by atoms with van der Waals surface area (Å²) in [6.07, 6.45) is 2.36. The van der Waals surface area contributed by atoms with Crippen LogP contribution < -0.4 is 0 Å². The molecule has 0 N–H and O–H groups in total. The van der Waals surface area contributed by atoms with Crippen molar-refractivity contribution >= 4 is 17.2 Å². The second kappa shape index (κ2) is 4.42. The molecule has 1 amide bonds. The fourth-order valence-electron chi connectivity index (χ4n) is 3.11. The number of fused-ring (bicyclic) bond motifs is 2. The number of thiophene rings is 1. The molecule has 2 aliphatic rings. The molecule has 3 heterocycles. The first kappa shape index (κ1) is 11.2. The van der Waals surface area contributed by atoms with Crippen LogP contribution in [0.15, 0.2) is 17.5 Å². The molecular formula is C13H18N2OS. The first-order chi connectivity index (χ1) is 8.29. The van der Waals surface area contributed by atoms with Gasteiger partial charge in [0.2, 0.25) is 0 Å². The average Bonchev–Trinajstić information content (AvgIpc) is 2.95. The monoisotopic (exact) mass is 250 g/mol. The largest absolute Gasteiger partial charge is 0.329 e. The summed E-state index contributed by atoms with van der Waals surface area (Å²) in [4.78, 5) is 18.0. The van der Waals surface area contributed by atoms with Crippen LogP contribution in [-0.4, -0.2) is 47.4 Å². The van der Waals surface area contributed by atoms with Gasteiger partial charge in [-0.25, -0.2) is 0 Å². The summed E-state index contributed by atoms with van der Waals surface area (Å²) < 4.78 is 0. The van der Waals surface area contributed by atoms with E-state index in [-0.39, 0.29) is 5.91 Å². The molecule has 2 fully saturated rings. The molecule has 2 atom stereocenters. The Morgan fingerprint density at radius 3 is 2.65 bits per heavy atom. The molecule has 0 spiro atoms. The van der Waals surface area contributed by atoms with Crippen molar-refractivity contribution < 1.29 is 4.79 Å². The standard InChI is InChI=1S/C13H18N2OS/c1-2-14-8-10-5-6-11(9-14)15(10)13(16)12-4-3-7-17-12/h3-4,7,10-11H,2,5-6,8-9H2,1H3. The van der Waals surface area contributed by atoms with E-state index < -0.39 is 0 Å². The summed E-state index contributed by atoms with van der Waals surface area (Å²) in [5.41, 5.74) is 0. The highest BCUT2D eigenvalue weighted by Crippen LogP contribution is 2.32. The van der Waals surface area contributed by atoms with E-state index in [4.69, 9.17) is 0 Å². The van der Waals surface area contributed by atoms with Crippen LogP contribution in [0.1, 0.15) is 29.4 Å². The van der Waals surface area contributed by atoms with Gasteiger partial charge >= 0.3 is 0 Å². The molecule has 3 nitrogen and oxygen atoms in total. The highest BCUT2D eigenvalue weighted by Gasteiger charge is 2.42. The van der Waals surface area contributed by atoms with E-state index in [1.807, 2.05) is 17.5 Å². The summed E-state index contributed by atoms with van der Waals surface area (Å²) in [7, 11) is 0. The minimum atomic E-state index is 0.253. The third-order valence-corrected chi connectivity index (χ3v) is 4.83. The van der Waals surface area contributed by atoms with E-state index in [0.717, 1.165) is 24.5 Å². The molecule has 2 unspecified atom stereocenters. The van der Waals surface area contributed by atoms with E-state index in [9.17, 15) is 4.79 Å². The summed E-state index contributed by atoms with van der Waals surface area (Å²) in [6.45, 7) is 5.43. The zero-order chi connectivity index (χ0) is 11.8. The van der Waals surface area contributed by atoms with Gasteiger partial charge in [-0.1, -0.05) is 13.0 Å². The minimum Gasteiger partial charge on any atom is -0.329 e. The third kappa shape index (κ3) is 1.89. The number of nitrogens with zero attached hydrogens (tertiary/aromatic N) is 2. The lowest BCUT2D eigenvalue weighted by Gasteiger charge is -2.40. The van der Waals surface area contributed by atoms with Crippen LogP contribution in [0.5, 0.6) is 0 Å². The lowest BCUT2D eigenvalue weighted by molar-refractivity contribution is 0.0438. The highest BCUT2D eigenvalue weighted by molar-refractivity contribution is 7.12. The molecule has 1 aromatic heterocycles. The fraction of sp³-hybridized carbons (Fsp3) is 0.615. The lowest BCUT2D eigenvalue weighted by atomic mass is 10.2. The van der Waals surface area contributed by atoms with Crippen LogP contribution in [0, 0.1) is 0 Å². The van der Waals surface area contributed by atoms with E-state index in [0.29, 0.717) is 12.1 Å². The summed E-state index contributed by atoms with van der Waals surface area (Å²) in [5, 5.41) is 1.98. The summed E-state index contributed by atoms with van der Waals surface area (Å²) >= 11 is 1.56. The molecule has 92 valence electrons. The minimum absolute atomic E-state index is 0.253. The van der Waals surface area contributed by atoms with Crippen molar-refractivity contribution in [1.29, 1.82) is 0 Å². The maximum atomic E-state index is 12.4. The maximum absolute atomic E-state index is 12.4. The molecule has 0 saturated carbocycles. The Bertz CT molecular complexity index is 390. The highest BCUT2D eigenvalue weighted by atomic mass is 32.1. The fourth-order valence-corrected chi connectivity index (χ4v) is 3.77. The van der Waals surface area contributed by atoms with Gasteiger partial charge in [-0.2, -0.15) is 0 Å². The molecule has 1 aromatic rings. The molecule has 3 rings (SSSR count). The van der Waals surface area contributed by atoms with Crippen LogP contribution in [0.3, 0.4) is 0 Å². The molecule has 0 radical (unpaired) electrons. The summed E-state index contributed by atoms with van der Waals surface area (Å²) in [6, 6.07) is 4.80. The van der Waals surface area contributed by atoms with Gasteiger partial charge in [-0.15, -0.1) is 11.3 Å². The number of likely N-dealkylation sites (tertiary alicyclic amines) is 1. The Kier molecular flexibility index (Phi) is 2.92. The number of carbonyl (C=O) groups is 1. The molecule has 17 heavy (non-hydrogen) atoms. The average molecular weight is 250 g/mol. The van der Waals surface area contributed by atoms with Gasteiger partial charge in [-0.3, -0.25) is 9.69 Å². The van der Waals surface area contributed by atoms with E-state index in [2.05, 4.69) is 16.7 Å². The number of amides is 1. The number of carbonyl (C=O) groups excluding carboxylic acids is 1. The van der Waals surface area contributed by atoms with E-state index in [1.165, 1.54) is 12.8 Å². The lowest BCUT2D eigenvalue weighted by Crippen LogP contribution is -2.55. The van der Waals surface area contributed by atoms with E-state index in [1.54, 1.807) is 11.3 Å². The van der Waals surface area contributed by atoms with Crippen molar-refractivity contribution in [2.24, 2.45) is 0 Å². The van der Waals surface area contributed by atoms with Gasteiger partial charge < -0.3 is 4.90 Å². The molecule has 0 aliphatic carbocycles. The number of piperazine rings is 1. The van der Waals surface area contributed by atoms with Gasteiger partial charge in [-0.05, 0) is 30.8 Å². The van der Waals surface area contributed by atoms with Gasteiger partial charge in [0.05, 0.1) is 4.88 Å². The molecule has 2 bridgehead atoms. The quantitative estimate of drug-likeness (QED) is 0.802. The molecule has 4 heteroatoms. The second-order valence-corrected chi connectivity index (χ2v) is 5.87. The Morgan fingerprint density at radius 2 is 2.12 bits per heavy atom. The van der Waals surface area contributed by atoms with Gasteiger partial charge in [0.15, 0.2) is 0 Å². The second-order valence-electron chi connectivity index (χ2n) is 4.93. The van der Waals surface area contributed by atoms with Crippen molar-refractivity contribution in [2.45, 2.75) is 31.8 Å². The Labute approximate surface area is 106 Å². The van der Waals surface area contributed by atoms with Crippen molar-refractivity contribution in [3.63, 3.8) is 0 Å². The molecular weight excluding hydrogens is 232 g/mol. The van der Waals surface area contributed by atoms with Crippen molar-refractivity contribution in [3.8, 4) is 0 Å². The number of likely N-dealkylation sites (N-methyl/N-ethyl adjacent to an activating group) is 1. The topological polar surface area (TPSA) is 23.6 Å². The van der Waals surface area contributed by atoms with Crippen molar-refractivity contribution in [3.05, 3.63) is 22.4 Å². The molecule has 2 aliphatic heterocycles. The Balaban J connectivity index is 1.79. The molecule has 2 saturated heterocycles. The number of hydrogen-bond acceptors (Lipinski definition) is 3. The third-order valence-electron chi connectivity index (χ3n) is 3.97. The van der Waals surface area contributed by atoms with Crippen LogP contribution >= 0.6 is 11.3 Å². The Morgan fingerprint density at radius 1 is 1.41 bits per heavy atom. The SMILES string of the molecule is CCN1CC2CCC(C1)N2C(=O)c1cccs1. The first-order valence-corrected chi connectivity index (χ1v) is 7.26. The van der Waals surface area contributed by atoms with Crippen LogP contribution in [0.25, 0.3) is 0 Å². The maximum Gasteiger partial charge on any atom is 0.264 e. The van der Waals surface area contributed by atoms with Crippen molar-refractivity contribution in [1.82, 2.24) is 9.80 Å². The Hall–Kier alpha value is -0.870. The van der Waals surface area contributed by atoms with Crippen LogP contribution in [0.4, 0.5) is 0 Å². The number of hydrogen-bond donors (Lipinski definition) is 0. The zero-order valence-electron chi connectivity index (χ0n) is 10.1. The predicted octanol–water partition coefficient (Wildman–Crippen LogP) is 2.06. The van der Waals surface area contributed by atoms with Crippen LogP contribution in [0.2, 0.25) is 0 Å². The summed E-state index contributed by atoms with van der Waals surface area (Å²) in [5.74, 6) is 0.253. The van der Waals surface area contributed by atoms with E-state index >= 15 is 0 Å². The van der Waals surface area contributed by atoms with Crippen LogP contribution in [-0.2, 0) is 0 Å². The molecule has 0 aromatic carbocycles. The first-order valence-electron chi connectivity index (χ1n) is 6.38. The number of rotatable bonds is 2. The normalized spacial score (nSPS) is 28.6.